The number of rotatable bonds is 6. The lowest BCUT2D eigenvalue weighted by atomic mass is 10.0. The number of fused-ring (bicyclic) bond motifs is 1. The molecule has 3 rings (SSSR count). The number of benzene rings is 2. The normalized spacial score (nSPS) is 13.0. The molecular formula is C23H24N2O3. The molecule has 2 aromatic carbocycles. The standard InChI is InChI=1S/C23H24N2O3/c1-15(18-9-5-4-6-10-18)14-24-22(26)17(3)28-23(27)20-13-16(2)25-21-12-8-7-11-19(20)21/h4-13,15,17H,14H2,1-3H3,(H,24,26)/t15-,17+/m0/s1. The first kappa shape index (κ1) is 19.5. The minimum absolute atomic E-state index is 0.167. The van der Waals surface area contributed by atoms with Gasteiger partial charge in [-0.3, -0.25) is 9.78 Å². The van der Waals surface area contributed by atoms with E-state index < -0.39 is 12.1 Å². The van der Waals surface area contributed by atoms with Gasteiger partial charge >= 0.3 is 5.97 Å². The van der Waals surface area contributed by atoms with Crippen molar-refractivity contribution in [3.63, 3.8) is 0 Å². The predicted molar refractivity (Wildman–Crippen MR) is 109 cm³/mol. The largest absolute Gasteiger partial charge is 0.449 e. The van der Waals surface area contributed by atoms with Crippen molar-refractivity contribution in [2.75, 3.05) is 6.54 Å². The summed E-state index contributed by atoms with van der Waals surface area (Å²) in [5.41, 5.74) is 3.01. The molecule has 1 N–H and O–H groups in total. The SMILES string of the molecule is Cc1cc(C(=O)O[C@H](C)C(=O)NC[C@H](C)c2ccccc2)c2ccccc2n1. The molecule has 1 amide bonds. The molecule has 0 saturated carbocycles. The summed E-state index contributed by atoms with van der Waals surface area (Å²) in [6.07, 6.45) is -0.886. The van der Waals surface area contributed by atoms with Crippen molar-refractivity contribution >= 4 is 22.8 Å². The van der Waals surface area contributed by atoms with E-state index in [1.165, 1.54) is 0 Å². The molecule has 0 radical (unpaired) electrons. The van der Waals surface area contributed by atoms with E-state index in [0.717, 1.165) is 16.8 Å². The van der Waals surface area contributed by atoms with Crippen LogP contribution in [0.3, 0.4) is 0 Å². The molecule has 1 aromatic heterocycles. The van der Waals surface area contributed by atoms with Crippen LogP contribution in [-0.2, 0) is 9.53 Å². The second-order valence-electron chi connectivity index (χ2n) is 6.93. The van der Waals surface area contributed by atoms with Gasteiger partial charge in [0.15, 0.2) is 6.10 Å². The molecule has 0 unspecified atom stereocenters. The van der Waals surface area contributed by atoms with Crippen LogP contribution in [0.2, 0.25) is 0 Å². The summed E-state index contributed by atoms with van der Waals surface area (Å²) < 4.78 is 5.42. The summed E-state index contributed by atoms with van der Waals surface area (Å²) in [6, 6.07) is 19.0. The van der Waals surface area contributed by atoms with Gasteiger partial charge in [-0.2, -0.15) is 0 Å². The maximum absolute atomic E-state index is 12.7. The number of aromatic nitrogens is 1. The van der Waals surface area contributed by atoms with Crippen LogP contribution >= 0.6 is 0 Å². The number of para-hydroxylation sites is 1. The van der Waals surface area contributed by atoms with E-state index in [0.29, 0.717) is 17.5 Å². The quantitative estimate of drug-likeness (QED) is 0.660. The van der Waals surface area contributed by atoms with Crippen molar-refractivity contribution in [1.29, 1.82) is 0 Å². The average Bonchev–Trinajstić information content (AvgIpc) is 2.71. The third-order valence-electron chi connectivity index (χ3n) is 4.67. The van der Waals surface area contributed by atoms with Crippen LogP contribution in [-0.4, -0.2) is 29.5 Å². The maximum Gasteiger partial charge on any atom is 0.339 e. The van der Waals surface area contributed by atoms with Gasteiger partial charge in [0.1, 0.15) is 0 Å². The number of ether oxygens (including phenoxy) is 1. The lowest BCUT2D eigenvalue weighted by Gasteiger charge is -2.17. The Morgan fingerprint density at radius 1 is 1.04 bits per heavy atom. The monoisotopic (exact) mass is 376 g/mol. The van der Waals surface area contributed by atoms with Crippen molar-refractivity contribution in [1.82, 2.24) is 10.3 Å². The van der Waals surface area contributed by atoms with Crippen LogP contribution in [0.15, 0.2) is 60.7 Å². The molecule has 0 fully saturated rings. The zero-order chi connectivity index (χ0) is 20.1. The van der Waals surface area contributed by atoms with Crippen molar-refractivity contribution < 1.29 is 14.3 Å². The first-order valence-electron chi connectivity index (χ1n) is 9.35. The molecule has 5 nitrogen and oxygen atoms in total. The molecule has 3 aromatic rings. The zero-order valence-electron chi connectivity index (χ0n) is 16.3. The van der Waals surface area contributed by atoms with E-state index in [9.17, 15) is 9.59 Å². The van der Waals surface area contributed by atoms with Crippen LogP contribution in [0.5, 0.6) is 0 Å². The molecule has 0 spiro atoms. The highest BCUT2D eigenvalue weighted by Gasteiger charge is 2.21. The van der Waals surface area contributed by atoms with Gasteiger partial charge in [-0.15, -0.1) is 0 Å². The van der Waals surface area contributed by atoms with E-state index in [2.05, 4.69) is 10.3 Å². The van der Waals surface area contributed by atoms with Gasteiger partial charge in [0.05, 0.1) is 11.1 Å². The van der Waals surface area contributed by atoms with Crippen molar-refractivity contribution in [3.05, 3.63) is 77.5 Å². The first-order chi connectivity index (χ1) is 13.5. The zero-order valence-corrected chi connectivity index (χ0v) is 16.3. The Hall–Kier alpha value is -3.21. The minimum atomic E-state index is -0.886. The van der Waals surface area contributed by atoms with E-state index in [4.69, 9.17) is 4.74 Å². The number of esters is 1. The van der Waals surface area contributed by atoms with Gasteiger partial charge in [0.2, 0.25) is 0 Å². The Kier molecular flexibility index (Phi) is 6.04. The van der Waals surface area contributed by atoms with Gasteiger partial charge in [-0.25, -0.2) is 4.79 Å². The Morgan fingerprint density at radius 3 is 2.46 bits per heavy atom. The molecule has 0 aliphatic carbocycles. The number of hydrogen-bond acceptors (Lipinski definition) is 4. The van der Waals surface area contributed by atoms with E-state index in [1.54, 1.807) is 13.0 Å². The average molecular weight is 376 g/mol. The number of aryl methyl sites for hydroxylation is 1. The lowest BCUT2D eigenvalue weighted by Crippen LogP contribution is -2.37. The molecule has 1 heterocycles. The maximum atomic E-state index is 12.7. The second-order valence-corrected chi connectivity index (χ2v) is 6.93. The molecule has 144 valence electrons. The summed E-state index contributed by atoms with van der Waals surface area (Å²) >= 11 is 0. The molecule has 0 aliphatic heterocycles. The van der Waals surface area contributed by atoms with E-state index >= 15 is 0 Å². The van der Waals surface area contributed by atoms with Crippen LogP contribution in [0.1, 0.15) is 41.4 Å². The summed E-state index contributed by atoms with van der Waals surface area (Å²) in [4.78, 5) is 29.5. The van der Waals surface area contributed by atoms with E-state index in [-0.39, 0.29) is 11.8 Å². The smallest absolute Gasteiger partial charge is 0.339 e. The fraction of sp³-hybridized carbons (Fsp3) is 0.261. The van der Waals surface area contributed by atoms with Crippen LogP contribution in [0, 0.1) is 6.92 Å². The molecule has 0 saturated heterocycles. The number of nitrogens with one attached hydrogen (secondary N) is 1. The first-order valence-corrected chi connectivity index (χ1v) is 9.35. The number of carbonyl (C=O) groups excluding carboxylic acids is 2. The lowest BCUT2D eigenvalue weighted by molar-refractivity contribution is -0.129. The third-order valence-corrected chi connectivity index (χ3v) is 4.67. The number of hydrogen-bond donors (Lipinski definition) is 1. The Balaban J connectivity index is 1.63. The topological polar surface area (TPSA) is 68.3 Å². The highest BCUT2D eigenvalue weighted by Crippen LogP contribution is 2.20. The van der Waals surface area contributed by atoms with Crippen LogP contribution < -0.4 is 5.32 Å². The summed E-state index contributed by atoms with van der Waals surface area (Å²) in [7, 11) is 0. The Bertz CT molecular complexity index is 986. The van der Waals surface area contributed by atoms with E-state index in [1.807, 2.05) is 68.4 Å². The number of carbonyl (C=O) groups is 2. The second kappa shape index (κ2) is 8.65. The molecule has 0 bridgehead atoms. The fourth-order valence-electron chi connectivity index (χ4n) is 3.05. The van der Waals surface area contributed by atoms with Gasteiger partial charge in [0.25, 0.3) is 5.91 Å². The Labute approximate surface area is 164 Å². The third kappa shape index (κ3) is 4.55. The van der Waals surface area contributed by atoms with Gasteiger partial charge in [-0.1, -0.05) is 55.5 Å². The highest BCUT2D eigenvalue weighted by atomic mass is 16.5. The number of nitrogens with zero attached hydrogens (tertiary/aromatic N) is 1. The fourth-order valence-corrected chi connectivity index (χ4v) is 3.05. The predicted octanol–water partition coefficient (Wildman–Crippen LogP) is 4.01. The van der Waals surface area contributed by atoms with Crippen molar-refractivity contribution in [2.24, 2.45) is 0 Å². The summed E-state index contributed by atoms with van der Waals surface area (Å²) in [6.45, 7) is 5.92. The molecular weight excluding hydrogens is 352 g/mol. The number of pyridine rings is 1. The summed E-state index contributed by atoms with van der Waals surface area (Å²) in [5.74, 6) is -0.675. The number of amides is 1. The highest BCUT2D eigenvalue weighted by molar-refractivity contribution is 6.04. The molecule has 2 atom stereocenters. The van der Waals surface area contributed by atoms with Gasteiger partial charge in [0, 0.05) is 17.6 Å². The van der Waals surface area contributed by atoms with Crippen LogP contribution in [0.4, 0.5) is 0 Å². The minimum Gasteiger partial charge on any atom is -0.449 e. The molecule has 28 heavy (non-hydrogen) atoms. The Morgan fingerprint density at radius 2 is 1.71 bits per heavy atom. The van der Waals surface area contributed by atoms with Crippen molar-refractivity contribution in [3.8, 4) is 0 Å². The van der Waals surface area contributed by atoms with Gasteiger partial charge in [-0.05, 0) is 37.5 Å². The van der Waals surface area contributed by atoms with Crippen LogP contribution in [0.25, 0.3) is 10.9 Å². The van der Waals surface area contributed by atoms with Crippen molar-refractivity contribution in [2.45, 2.75) is 32.8 Å². The molecule has 5 heteroatoms. The van der Waals surface area contributed by atoms with Gasteiger partial charge < -0.3 is 10.1 Å². The molecule has 0 aliphatic rings. The summed E-state index contributed by atoms with van der Waals surface area (Å²) in [5, 5.41) is 3.57.